The molecule has 3 heterocycles. The number of pyridine rings is 2. The molecule has 34 heavy (non-hydrogen) atoms. The Labute approximate surface area is 200 Å². The molecule has 7 nitrogen and oxygen atoms in total. The average Bonchev–Trinajstić information content (AvgIpc) is 2.85. The molecule has 3 aromatic rings. The van der Waals surface area contributed by atoms with Crippen LogP contribution in [0.3, 0.4) is 0 Å². The fourth-order valence-corrected chi connectivity index (χ4v) is 4.25. The lowest BCUT2D eigenvalue weighted by atomic mass is 10.0. The van der Waals surface area contributed by atoms with Crippen molar-refractivity contribution in [1.29, 1.82) is 0 Å². The molecule has 1 aromatic carbocycles. The predicted molar refractivity (Wildman–Crippen MR) is 132 cm³/mol. The highest BCUT2D eigenvalue weighted by molar-refractivity contribution is 5.73. The highest BCUT2D eigenvalue weighted by Crippen LogP contribution is 2.15. The molecule has 0 radical (unpaired) electrons. The quantitative estimate of drug-likeness (QED) is 0.531. The third kappa shape index (κ3) is 7.02. The Hall–Kier alpha value is -3.45. The summed E-state index contributed by atoms with van der Waals surface area (Å²) in [5, 5.41) is 3.02. The highest BCUT2D eigenvalue weighted by atomic mass is 16.5. The molecule has 0 saturated carbocycles. The molecule has 0 unspecified atom stereocenters. The zero-order valence-electron chi connectivity index (χ0n) is 19.7. The number of hydrogen-bond acceptors (Lipinski definition) is 5. The highest BCUT2D eigenvalue weighted by Gasteiger charge is 2.19. The zero-order chi connectivity index (χ0) is 23.8. The maximum Gasteiger partial charge on any atom is 0.254 e. The van der Waals surface area contributed by atoms with E-state index in [4.69, 9.17) is 4.74 Å². The molecule has 7 heteroatoms. The normalized spacial score (nSPS) is 14.6. The number of nitrogens with one attached hydrogen (secondary N) is 1. The van der Waals surface area contributed by atoms with Crippen molar-refractivity contribution >= 4 is 5.91 Å². The van der Waals surface area contributed by atoms with Crippen LogP contribution in [-0.4, -0.2) is 39.5 Å². The molecule has 0 atom stereocenters. The van der Waals surface area contributed by atoms with Gasteiger partial charge >= 0.3 is 0 Å². The molecular formula is C27H32N4O3. The molecule has 2 aromatic heterocycles. The topological polar surface area (TPSA) is 76.5 Å². The first-order valence-corrected chi connectivity index (χ1v) is 11.9. The largest absolute Gasteiger partial charge is 0.487 e. The van der Waals surface area contributed by atoms with E-state index in [0.29, 0.717) is 24.9 Å². The van der Waals surface area contributed by atoms with Crippen LogP contribution in [0, 0.1) is 0 Å². The molecule has 1 aliphatic heterocycles. The van der Waals surface area contributed by atoms with Gasteiger partial charge in [0.25, 0.3) is 5.56 Å². The van der Waals surface area contributed by atoms with E-state index in [1.54, 1.807) is 23.9 Å². The van der Waals surface area contributed by atoms with Crippen molar-refractivity contribution in [2.45, 2.75) is 51.9 Å². The number of benzene rings is 1. The Kier molecular flexibility index (Phi) is 8.09. The molecule has 0 aliphatic carbocycles. The van der Waals surface area contributed by atoms with Gasteiger partial charge in [-0.05, 0) is 48.6 Å². The van der Waals surface area contributed by atoms with Gasteiger partial charge in [0.1, 0.15) is 12.4 Å². The number of aromatic nitrogens is 2. The van der Waals surface area contributed by atoms with Gasteiger partial charge in [-0.3, -0.25) is 19.5 Å². The molecule has 1 amide bonds. The summed E-state index contributed by atoms with van der Waals surface area (Å²) in [6.45, 7) is 5.46. The average molecular weight is 461 g/mol. The zero-order valence-corrected chi connectivity index (χ0v) is 19.7. The summed E-state index contributed by atoms with van der Waals surface area (Å²) in [6, 6.07) is 18.0. The summed E-state index contributed by atoms with van der Waals surface area (Å²) in [7, 11) is 0. The smallest absolute Gasteiger partial charge is 0.254 e. The first kappa shape index (κ1) is 23.7. The second-order valence-corrected chi connectivity index (χ2v) is 8.82. The number of ether oxygens (including phenoxy) is 1. The fourth-order valence-electron chi connectivity index (χ4n) is 4.25. The third-order valence-electron chi connectivity index (χ3n) is 6.15. The maximum absolute atomic E-state index is 12.5. The standard InChI is InChI=1S/C27H32N4O3/c1-21(32)29-24-10-14-30(15-11-24)19-23-7-5-22(6-8-23)9-16-31-17-12-26(18-27(31)33)34-20-25-4-2-3-13-28-25/h2-8,12-13,17-18,24H,9-11,14-16,19-20H2,1H3,(H,29,32). The number of carbonyl (C=O) groups is 1. The van der Waals surface area contributed by atoms with Crippen molar-refractivity contribution in [2.75, 3.05) is 13.1 Å². The monoisotopic (exact) mass is 460 g/mol. The van der Waals surface area contributed by atoms with Crippen LogP contribution in [0.2, 0.25) is 0 Å². The van der Waals surface area contributed by atoms with E-state index >= 15 is 0 Å². The Balaban J connectivity index is 1.23. The number of likely N-dealkylation sites (tertiary alicyclic amines) is 1. The van der Waals surface area contributed by atoms with Gasteiger partial charge in [-0.25, -0.2) is 0 Å². The Morgan fingerprint density at radius 1 is 1.09 bits per heavy atom. The molecule has 1 aliphatic rings. The van der Waals surface area contributed by atoms with Crippen LogP contribution in [0.4, 0.5) is 0 Å². The van der Waals surface area contributed by atoms with Crippen LogP contribution in [0.1, 0.15) is 36.6 Å². The molecular weight excluding hydrogens is 428 g/mol. The van der Waals surface area contributed by atoms with E-state index in [-0.39, 0.29) is 11.5 Å². The molecule has 178 valence electrons. The number of aryl methyl sites for hydroxylation is 2. The lowest BCUT2D eigenvalue weighted by Crippen LogP contribution is -2.43. The van der Waals surface area contributed by atoms with Gasteiger partial charge < -0.3 is 14.6 Å². The van der Waals surface area contributed by atoms with Crippen molar-refractivity contribution in [3.63, 3.8) is 0 Å². The molecule has 1 fully saturated rings. The van der Waals surface area contributed by atoms with E-state index in [1.807, 2.05) is 24.3 Å². The van der Waals surface area contributed by atoms with Gasteiger partial charge in [0.05, 0.1) is 5.69 Å². The van der Waals surface area contributed by atoms with E-state index in [9.17, 15) is 9.59 Å². The molecule has 0 bridgehead atoms. The third-order valence-corrected chi connectivity index (χ3v) is 6.15. The van der Waals surface area contributed by atoms with E-state index in [1.165, 1.54) is 17.2 Å². The van der Waals surface area contributed by atoms with Crippen LogP contribution in [0.15, 0.2) is 71.8 Å². The predicted octanol–water partition coefficient (Wildman–Crippen LogP) is 3.17. The number of amides is 1. The Bertz CT molecular complexity index is 1120. The molecule has 1 N–H and O–H groups in total. The summed E-state index contributed by atoms with van der Waals surface area (Å²) in [5.74, 6) is 0.610. The first-order valence-electron chi connectivity index (χ1n) is 11.9. The number of nitrogens with zero attached hydrogens (tertiary/aromatic N) is 3. The van der Waals surface area contributed by atoms with E-state index in [0.717, 1.165) is 44.6 Å². The van der Waals surface area contributed by atoms with Gasteiger partial charge in [-0.2, -0.15) is 0 Å². The number of rotatable bonds is 9. The van der Waals surface area contributed by atoms with Crippen molar-refractivity contribution in [3.8, 4) is 5.75 Å². The molecule has 1 saturated heterocycles. The lowest BCUT2D eigenvalue weighted by molar-refractivity contribution is -0.119. The Morgan fingerprint density at radius 3 is 2.53 bits per heavy atom. The van der Waals surface area contributed by atoms with Crippen molar-refractivity contribution in [1.82, 2.24) is 19.8 Å². The minimum absolute atomic E-state index is 0.0567. The maximum atomic E-state index is 12.5. The van der Waals surface area contributed by atoms with Gasteiger partial charge in [0.2, 0.25) is 5.91 Å². The van der Waals surface area contributed by atoms with Crippen LogP contribution in [0.5, 0.6) is 5.75 Å². The fraction of sp³-hybridized carbons (Fsp3) is 0.370. The summed E-state index contributed by atoms with van der Waals surface area (Å²) >= 11 is 0. The van der Waals surface area contributed by atoms with Crippen LogP contribution >= 0.6 is 0 Å². The van der Waals surface area contributed by atoms with Crippen LogP contribution in [0.25, 0.3) is 0 Å². The van der Waals surface area contributed by atoms with E-state index in [2.05, 4.69) is 39.5 Å². The second kappa shape index (κ2) is 11.6. The van der Waals surface area contributed by atoms with Crippen molar-refractivity contribution in [2.24, 2.45) is 0 Å². The summed E-state index contributed by atoms with van der Waals surface area (Å²) < 4.78 is 7.40. The number of carbonyl (C=O) groups excluding carboxylic acids is 1. The van der Waals surface area contributed by atoms with Crippen LogP contribution in [-0.2, 0) is 30.9 Å². The van der Waals surface area contributed by atoms with Crippen molar-refractivity contribution in [3.05, 3.63) is 94.2 Å². The van der Waals surface area contributed by atoms with Gasteiger partial charge in [0.15, 0.2) is 0 Å². The summed E-state index contributed by atoms with van der Waals surface area (Å²) in [5.41, 5.74) is 3.24. The SMILES string of the molecule is CC(=O)NC1CCN(Cc2ccc(CCn3ccc(OCc4ccccn4)cc3=O)cc2)CC1. The number of piperidine rings is 1. The summed E-state index contributed by atoms with van der Waals surface area (Å²) in [6.07, 6.45) is 6.30. The van der Waals surface area contributed by atoms with E-state index < -0.39 is 0 Å². The van der Waals surface area contributed by atoms with Gasteiger partial charge in [-0.1, -0.05) is 30.3 Å². The van der Waals surface area contributed by atoms with Crippen molar-refractivity contribution < 1.29 is 9.53 Å². The summed E-state index contributed by atoms with van der Waals surface area (Å²) in [4.78, 5) is 30.3. The second-order valence-electron chi connectivity index (χ2n) is 8.82. The minimum atomic E-state index is -0.0715. The minimum Gasteiger partial charge on any atom is -0.487 e. The number of hydrogen-bond donors (Lipinski definition) is 1. The van der Waals surface area contributed by atoms with Gasteiger partial charge in [-0.15, -0.1) is 0 Å². The molecule has 4 rings (SSSR count). The first-order chi connectivity index (χ1) is 16.5. The Morgan fingerprint density at radius 2 is 1.85 bits per heavy atom. The molecule has 0 spiro atoms. The van der Waals surface area contributed by atoms with Crippen LogP contribution < -0.4 is 15.6 Å². The lowest BCUT2D eigenvalue weighted by Gasteiger charge is -2.32. The van der Waals surface area contributed by atoms with Gasteiger partial charge in [0, 0.05) is 57.6 Å².